The second-order valence-electron chi connectivity index (χ2n) is 4.60. The van der Waals surface area contributed by atoms with Crippen molar-refractivity contribution in [3.05, 3.63) is 29.8 Å². The van der Waals surface area contributed by atoms with Gasteiger partial charge in [-0.2, -0.15) is 0 Å². The van der Waals surface area contributed by atoms with E-state index >= 15 is 0 Å². The average molecular weight is 264 g/mol. The third kappa shape index (κ3) is 5.75. The number of unbranched alkanes of at least 4 members (excludes halogenated alkanes) is 1. The first-order chi connectivity index (χ1) is 9.17. The second kappa shape index (κ2) is 8.53. The molecule has 1 unspecified atom stereocenters. The zero-order valence-electron chi connectivity index (χ0n) is 12.0. The Morgan fingerprint density at radius 2 is 2.00 bits per heavy atom. The summed E-state index contributed by atoms with van der Waals surface area (Å²) in [6.07, 6.45) is 2.12. The molecule has 0 heterocycles. The number of rotatable bonds is 8. The molecule has 4 heteroatoms. The Kier molecular flexibility index (Phi) is 6.97. The Labute approximate surface area is 115 Å². The molecule has 0 aliphatic rings. The first-order valence-corrected chi connectivity index (χ1v) is 6.81. The lowest BCUT2D eigenvalue weighted by molar-refractivity contribution is -0.122. The van der Waals surface area contributed by atoms with Gasteiger partial charge in [-0.05, 0) is 31.0 Å². The first-order valence-electron chi connectivity index (χ1n) is 6.81. The van der Waals surface area contributed by atoms with Gasteiger partial charge in [0.15, 0.2) is 0 Å². The lowest BCUT2D eigenvalue weighted by Gasteiger charge is -2.14. The molecule has 1 atom stereocenters. The zero-order valence-corrected chi connectivity index (χ0v) is 12.0. The number of ether oxygens (including phenoxy) is 1. The number of amides is 1. The monoisotopic (exact) mass is 264 g/mol. The second-order valence-corrected chi connectivity index (χ2v) is 4.60. The van der Waals surface area contributed by atoms with Crippen molar-refractivity contribution >= 4 is 5.91 Å². The van der Waals surface area contributed by atoms with Gasteiger partial charge in [-0.3, -0.25) is 4.79 Å². The predicted molar refractivity (Wildman–Crippen MR) is 77.2 cm³/mol. The van der Waals surface area contributed by atoms with Gasteiger partial charge in [0.05, 0.1) is 13.2 Å². The van der Waals surface area contributed by atoms with E-state index in [-0.39, 0.29) is 11.9 Å². The summed E-state index contributed by atoms with van der Waals surface area (Å²) in [6.45, 7) is 5.42. The van der Waals surface area contributed by atoms with Crippen LogP contribution < -0.4 is 15.4 Å². The highest BCUT2D eigenvalue weighted by molar-refractivity contribution is 5.81. The van der Waals surface area contributed by atoms with Crippen molar-refractivity contribution in [2.75, 3.05) is 13.7 Å². The van der Waals surface area contributed by atoms with Crippen molar-refractivity contribution in [1.29, 1.82) is 0 Å². The van der Waals surface area contributed by atoms with Crippen LogP contribution in [0.2, 0.25) is 0 Å². The summed E-state index contributed by atoms with van der Waals surface area (Å²) in [5, 5.41) is 6.13. The van der Waals surface area contributed by atoms with E-state index in [0.717, 1.165) is 30.7 Å². The molecule has 19 heavy (non-hydrogen) atoms. The number of carbonyl (C=O) groups is 1. The van der Waals surface area contributed by atoms with E-state index < -0.39 is 0 Å². The fraction of sp³-hybridized carbons (Fsp3) is 0.533. The Balaban J connectivity index is 2.32. The van der Waals surface area contributed by atoms with Crippen molar-refractivity contribution in [2.24, 2.45) is 0 Å². The lowest BCUT2D eigenvalue weighted by Crippen LogP contribution is -2.42. The topological polar surface area (TPSA) is 50.4 Å². The highest BCUT2D eigenvalue weighted by atomic mass is 16.5. The summed E-state index contributed by atoms with van der Waals surface area (Å²) in [7, 11) is 1.65. The largest absolute Gasteiger partial charge is 0.497 e. The zero-order chi connectivity index (χ0) is 14.1. The minimum Gasteiger partial charge on any atom is -0.497 e. The maximum atomic E-state index is 11.7. The molecule has 0 saturated carbocycles. The molecule has 106 valence electrons. The molecule has 0 saturated heterocycles. The van der Waals surface area contributed by atoms with Crippen molar-refractivity contribution in [1.82, 2.24) is 10.6 Å². The fourth-order valence-corrected chi connectivity index (χ4v) is 1.65. The van der Waals surface area contributed by atoms with Crippen molar-refractivity contribution in [3.63, 3.8) is 0 Å². The molecule has 4 nitrogen and oxygen atoms in total. The molecular formula is C15H24N2O2. The lowest BCUT2D eigenvalue weighted by atomic mass is 10.2. The van der Waals surface area contributed by atoms with Gasteiger partial charge in [0, 0.05) is 13.1 Å². The molecule has 0 aliphatic heterocycles. The van der Waals surface area contributed by atoms with Crippen molar-refractivity contribution in [3.8, 4) is 5.75 Å². The number of benzene rings is 1. The number of carbonyl (C=O) groups excluding carboxylic acids is 1. The van der Waals surface area contributed by atoms with E-state index in [0.29, 0.717) is 6.54 Å². The van der Waals surface area contributed by atoms with Gasteiger partial charge in [0.25, 0.3) is 0 Å². The van der Waals surface area contributed by atoms with Crippen LogP contribution >= 0.6 is 0 Å². The van der Waals surface area contributed by atoms with E-state index in [1.54, 1.807) is 7.11 Å². The van der Waals surface area contributed by atoms with Crippen molar-refractivity contribution in [2.45, 2.75) is 39.3 Å². The summed E-state index contributed by atoms with van der Waals surface area (Å²) in [4.78, 5) is 11.7. The Morgan fingerprint density at radius 3 is 2.58 bits per heavy atom. The molecule has 0 radical (unpaired) electrons. The van der Waals surface area contributed by atoms with E-state index in [9.17, 15) is 4.79 Å². The fourth-order valence-electron chi connectivity index (χ4n) is 1.65. The highest BCUT2D eigenvalue weighted by Crippen LogP contribution is 2.11. The minimum atomic E-state index is -0.182. The summed E-state index contributed by atoms with van der Waals surface area (Å²) in [6, 6.07) is 7.64. The number of hydrogen-bond acceptors (Lipinski definition) is 3. The average Bonchev–Trinajstić information content (AvgIpc) is 2.45. The van der Waals surface area contributed by atoms with Crippen LogP contribution in [-0.2, 0) is 11.3 Å². The summed E-state index contributed by atoms with van der Waals surface area (Å²) < 4.78 is 5.10. The maximum absolute atomic E-state index is 11.7. The maximum Gasteiger partial charge on any atom is 0.236 e. The Bertz CT molecular complexity index is 376. The molecule has 1 aromatic rings. The summed E-state index contributed by atoms with van der Waals surface area (Å²) >= 11 is 0. The van der Waals surface area contributed by atoms with Crippen LogP contribution in [-0.4, -0.2) is 25.6 Å². The standard InChI is InChI=1S/C15H24N2O2/c1-4-5-10-16-15(18)12(2)17-11-13-6-8-14(19-3)9-7-13/h6-9,12,17H,4-5,10-11H2,1-3H3,(H,16,18). The van der Waals surface area contributed by atoms with E-state index in [4.69, 9.17) is 4.74 Å². The van der Waals surface area contributed by atoms with Gasteiger partial charge in [-0.25, -0.2) is 0 Å². The molecule has 0 fully saturated rings. The molecule has 1 rings (SSSR count). The molecule has 1 amide bonds. The highest BCUT2D eigenvalue weighted by Gasteiger charge is 2.10. The summed E-state index contributed by atoms with van der Waals surface area (Å²) in [5.41, 5.74) is 1.13. The van der Waals surface area contributed by atoms with Crippen LogP contribution in [0.25, 0.3) is 0 Å². The normalized spacial score (nSPS) is 11.9. The van der Waals surface area contributed by atoms with Gasteiger partial charge >= 0.3 is 0 Å². The van der Waals surface area contributed by atoms with Crippen LogP contribution in [0.5, 0.6) is 5.75 Å². The van der Waals surface area contributed by atoms with Gasteiger partial charge in [0.2, 0.25) is 5.91 Å². The quantitative estimate of drug-likeness (QED) is 0.707. The van der Waals surface area contributed by atoms with Crippen LogP contribution in [0.3, 0.4) is 0 Å². The third-order valence-corrected chi connectivity index (χ3v) is 2.99. The first kappa shape index (κ1) is 15.5. The van der Waals surface area contributed by atoms with Crippen molar-refractivity contribution < 1.29 is 9.53 Å². The third-order valence-electron chi connectivity index (χ3n) is 2.99. The van der Waals surface area contributed by atoms with Crippen LogP contribution in [0.15, 0.2) is 24.3 Å². The van der Waals surface area contributed by atoms with Gasteiger partial charge < -0.3 is 15.4 Å². The van der Waals surface area contributed by atoms with Crippen LogP contribution in [0, 0.1) is 0 Å². The predicted octanol–water partition coefficient (Wildman–Crippen LogP) is 2.09. The molecule has 1 aromatic carbocycles. The Hall–Kier alpha value is -1.55. The molecule has 0 aliphatic carbocycles. The smallest absolute Gasteiger partial charge is 0.236 e. The SMILES string of the molecule is CCCCNC(=O)C(C)NCc1ccc(OC)cc1. The Morgan fingerprint density at radius 1 is 1.32 bits per heavy atom. The molecule has 0 spiro atoms. The van der Waals surface area contributed by atoms with E-state index in [2.05, 4.69) is 17.6 Å². The van der Waals surface area contributed by atoms with Crippen LogP contribution in [0.4, 0.5) is 0 Å². The van der Waals surface area contributed by atoms with Gasteiger partial charge in [-0.15, -0.1) is 0 Å². The van der Waals surface area contributed by atoms with Gasteiger partial charge in [-0.1, -0.05) is 25.5 Å². The number of hydrogen-bond donors (Lipinski definition) is 2. The van der Waals surface area contributed by atoms with E-state index in [1.165, 1.54) is 0 Å². The minimum absolute atomic E-state index is 0.0574. The molecule has 2 N–H and O–H groups in total. The molecular weight excluding hydrogens is 240 g/mol. The summed E-state index contributed by atoms with van der Waals surface area (Å²) in [5.74, 6) is 0.899. The number of nitrogens with one attached hydrogen (secondary N) is 2. The molecule has 0 aromatic heterocycles. The van der Waals surface area contributed by atoms with E-state index in [1.807, 2.05) is 31.2 Å². The van der Waals surface area contributed by atoms with Crippen LogP contribution in [0.1, 0.15) is 32.3 Å². The van der Waals surface area contributed by atoms with Gasteiger partial charge in [0.1, 0.15) is 5.75 Å². The number of methoxy groups -OCH3 is 1. The molecule has 0 bridgehead atoms.